The summed E-state index contributed by atoms with van der Waals surface area (Å²) in [4.78, 5) is 4.42. The van der Waals surface area contributed by atoms with E-state index in [0.29, 0.717) is 6.61 Å². The van der Waals surface area contributed by atoms with Gasteiger partial charge in [0.05, 0.1) is 0 Å². The lowest BCUT2D eigenvalue weighted by Gasteiger charge is -1.86. The molecule has 0 aliphatic carbocycles. The lowest BCUT2D eigenvalue weighted by molar-refractivity contribution is 0.159. The maximum Gasteiger partial charge on any atom is 0.256 e. The molecule has 0 spiro atoms. The number of hydrogen-bond acceptors (Lipinski definition) is 4. The van der Waals surface area contributed by atoms with E-state index in [4.69, 9.17) is 10.5 Å². The zero-order valence-corrected chi connectivity index (χ0v) is 4.96. The second kappa shape index (κ2) is 4.61. The molecule has 0 atom stereocenters. The van der Waals surface area contributed by atoms with Crippen molar-refractivity contribution in [1.29, 1.82) is 10.5 Å². The predicted octanol–water partition coefficient (Wildman–Crippen LogP) is 0.426. The fourth-order valence-corrected chi connectivity index (χ4v) is 0.195. The Bertz CT molecular complexity index is 167. The van der Waals surface area contributed by atoms with Gasteiger partial charge in [0.15, 0.2) is 0 Å². The van der Waals surface area contributed by atoms with Crippen molar-refractivity contribution in [2.24, 2.45) is 5.16 Å². The third-order valence-electron chi connectivity index (χ3n) is 0.497. The molecular weight excluding hydrogens is 118 g/mol. The number of nitrogens with zero attached hydrogens (tertiary/aromatic N) is 3. The molecule has 46 valence electrons. The summed E-state index contributed by atoms with van der Waals surface area (Å²) >= 11 is 0. The van der Waals surface area contributed by atoms with Crippen LogP contribution in [0.1, 0.15) is 6.92 Å². The highest BCUT2D eigenvalue weighted by atomic mass is 16.6. The van der Waals surface area contributed by atoms with Crippen LogP contribution in [0.15, 0.2) is 5.16 Å². The topological polar surface area (TPSA) is 69.2 Å². The number of nitriles is 2. The first kappa shape index (κ1) is 7.45. The van der Waals surface area contributed by atoms with Gasteiger partial charge in [-0.15, -0.1) is 0 Å². The van der Waals surface area contributed by atoms with E-state index < -0.39 is 0 Å². The summed E-state index contributed by atoms with van der Waals surface area (Å²) in [5.74, 6) is 0. The van der Waals surface area contributed by atoms with Crippen LogP contribution in [0.2, 0.25) is 0 Å². The highest BCUT2D eigenvalue weighted by Crippen LogP contribution is 1.76. The van der Waals surface area contributed by atoms with Crippen LogP contribution >= 0.6 is 0 Å². The molecule has 0 aromatic carbocycles. The highest BCUT2D eigenvalue weighted by Gasteiger charge is 1.90. The average Bonchev–Trinajstić information content (AvgIpc) is 1.91. The van der Waals surface area contributed by atoms with Crippen LogP contribution in [0.3, 0.4) is 0 Å². The first-order valence-corrected chi connectivity index (χ1v) is 2.35. The number of oxime groups is 1. The first-order valence-electron chi connectivity index (χ1n) is 2.35. The Hall–Kier alpha value is -1.55. The minimum Gasteiger partial charge on any atom is -0.394 e. The summed E-state index contributed by atoms with van der Waals surface area (Å²) in [6, 6.07) is 3.10. The quantitative estimate of drug-likeness (QED) is 0.394. The third-order valence-corrected chi connectivity index (χ3v) is 0.497. The van der Waals surface area contributed by atoms with Crippen LogP contribution in [0.25, 0.3) is 0 Å². The van der Waals surface area contributed by atoms with E-state index in [1.807, 2.05) is 0 Å². The SMILES string of the molecule is CCON=C(C#N)C#N. The van der Waals surface area contributed by atoms with Gasteiger partial charge >= 0.3 is 0 Å². The second-order valence-corrected chi connectivity index (χ2v) is 1.08. The van der Waals surface area contributed by atoms with E-state index in [0.717, 1.165) is 0 Å². The van der Waals surface area contributed by atoms with Crippen molar-refractivity contribution in [2.75, 3.05) is 6.61 Å². The molecule has 0 aromatic rings. The van der Waals surface area contributed by atoms with E-state index in [1.54, 1.807) is 19.1 Å². The lowest BCUT2D eigenvalue weighted by atomic mass is 10.5. The monoisotopic (exact) mass is 123 g/mol. The molecule has 0 saturated carbocycles. The Labute approximate surface area is 52.9 Å². The van der Waals surface area contributed by atoms with Crippen LogP contribution in [0.4, 0.5) is 0 Å². The molecule has 0 rings (SSSR count). The van der Waals surface area contributed by atoms with Gasteiger partial charge < -0.3 is 4.84 Å². The largest absolute Gasteiger partial charge is 0.394 e. The Balaban J connectivity index is 3.85. The van der Waals surface area contributed by atoms with Crippen LogP contribution in [-0.4, -0.2) is 12.3 Å². The van der Waals surface area contributed by atoms with Crippen LogP contribution < -0.4 is 0 Å². The molecule has 4 nitrogen and oxygen atoms in total. The fourth-order valence-electron chi connectivity index (χ4n) is 0.195. The minimum atomic E-state index is -0.253. The zero-order valence-electron chi connectivity index (χ0n) is 4.96. The maximum atomic E-state index is 8.07. The zero-order chi connectivity index (χ0) is 7.11. The molecule has 0 unspecified atom stereocenters. The van der Waals surface area contributed by atoms with Crippen molar-refractivity contribution < 1.29 is 4.84 Å². The van der Waals surface area contributed by atoms with Gasteiger partial charge in [0, 0.05) is 0 Å². The summed E-state index contributed by atoms with van der Waals surface area (Å²) in [7, 11) is 0. The van der Waals surface area contributed by atoms with Crippen molar-refractivity contribution in [3.8, 4) is 12.1 Å². The van der Waals surface area contributed by atoms with E-state index in [2.05, 4.69) is 9.99 Å². The summed E-state index contributed by atoms with van der Waals surface area (Å²) < 4.78 is 0. The van der Waals surface area contributed by atoms with Crippen molar-refractivity contribution in [1.82, 2.24) is 0 Å². The van der Waals surface area contributed by atoms with Crippen LogP contribution in [0, 0.1) is 22.7 Å². The van der Waals surface area contributed by atoms with Crippen LogP contribution in [0.5, 0.6) is 0 Å². The van der Waals surface area contributed by atoms with Gasteiger partial charge in [-0.2, -0.15) is 10.5 Å². The van der Waals surface area contributed by atoms with Crippen LogP contribution in [-0.2, 0) is 4.84 Å². The van der Waals surface area contributed by atoms with Gasteiger partial charge in [-0.3, -0.25) is 0 Å². The van der Waals surface area contributed by atoms with E-state index >= 15 is 0 Å². The molecule has 0 radical (unpaired) electrons. The Morgan fingerprint density at radius 1 is 1.56 bits per heavy atom. The minimum absolute atomic E-state index is 0.253. The highest BCUT2D eigenvalue weighted by molar-refractivity contribution is 6.09. The van der Waals surface area contributed by atoms with Gasteiger partial charge in [-0.05, 0) is 6.92 Å². The molecule has 9 heavy (non-hydrogen) atoms. The van der Waals surface area contributed by atoms with Gasteiger partial charge in [-0.1, -0.05) is 5.16 Å². The molecule has 0 fully saturated rings. The molecule has 0 N–H and O–H groups in total. The molecular formula is C5H5N3O. The van der Waals surface area contributed by atoms with Crippen molar-refractivity contribution in [2.45, 2.75) is 6.92 Å². The van der Waals surface area contributed by atoms with Crippen molar-refractivity contribution >= 4 is 5.71 Å². The summed E-state index contributed by atoms with van der Waals surface area (Å²) in [5.41, 5.74) is -0.253. The molecule has 0 saturated heterocycles. The summed E-state index contributed by atoms with van der Waals surface area (Å²) in [5, 5.41) is 19.3. The molecule has 0 aromatic heterocycles. The summed E-state index contributed by atoms with van der Waals surface area (Å²) in [6.45, 7) is 2.09. The van der Waals surface area contributed by atoms with E-state index in [-0.39, 0.29) is 5.71 Å². The summed E-state index contributed by atoms with van der Waals surface area (Å²) in [6.07, 6.45) is 0. The maximum absolute atomic E-state index is 8.07. The molecule has 0 heterocycles. The van der Waals surface area contributed by atoms with E-state index in [1.165, 1.54) is 0 Å². The smallest absolute Gasteiger partial charge is 0.256 e. The predicted molar refractivity (Wildman–Crippen MR) is 30.3 cm³/mol. The fraction of sp³-hybridized carbons (Fsp3) is 0.400. The first-order chi connectivity index (χ1) is 4.35. The Morgan fingerprint density at radius 2 is 2.11 bits per heavy atom. The molecule has 0 aliphatic heterocycles. The average molecular weight is 123 g/mol. The van der Waals surface area contributed by atoms with Gasteiger partial charge in [-0.25, -0.2) is 0 Å². The lowest BCUT2D eigenvalue weighted by Crippen LogP contribution is -1.90. The normalized spacial score (nSPS) is 6.56. The molecule has 4 heteroatoms. The molecule has 0 aliphatic rings. The molecule has 0 amide bonds. The Kier molecular flexibility index (Phi) is 3.81. The number of hydrogen-bond donors (Lipinski definition) is 0. The van der Waals surface area contributed by atoms with Crippen molar-refractivity contribution in [3.63, 3.8) is 0 Å². The third kappa shape index (κ3) is 3.07. The van der Waals surface area contributed by atoms with Crippen molar-refractivity contribution in [3.05, 3.63) is 0 Å². The molecule has 0 bridgehead atoms. The Morgan fingerprint density at radius 3 is 2.44 bits per heavy atom. The van der Waals surface area contributed by atoms with Gasteiger partial charge in [0.25, 0.3) is 5.71 Å². The number of rotatable bonds is 2. The van der Waals surface area contributed by atoms with Gasteiger partial charge in [0.2, 0.25) is 0 Å². The van der Waals surface area contributed by atoms with E-state index in [9.17, 15) is 0 Å². The van der Waals surface area contributed by atoms with Gasteiger partial charge in [0.1, 0.15) is 18.7 Å². The second-order valence-electron chi connectivity index (χ2n) is 1.08. The standard InChI is InChI=1S/C5H5N3O/c1-2-9-8-5(3-6)4-7/h2H2,1H3.